The fourth-order valence-electron chi connectivity index (χ4n) is 3.49. The predicted molar refractivity (Wildman–Crippen MR) is 108 cm³/mol. The molecule has 2 amide bonds. The highest BCUT2D eigenvalue weighted by Gasteiger charge is 2.22. The third kappa shape index (κ3) is 4.39. The number of anilines is 2. The van der Waals surface area contributed by atoms with E-state index in [0.29, 0.717) is 24.2 Å². The van der Waals surface area contributed by atoms with Gasteiger partial charge in [-0.2, -0.15) is 0 Å². The number of nitrogens with zero attached hydrogens (tertiary/aromatic N) is 1. The normalized spacial score (nSPS) is 13.5. The molecule has 6 heteroatoms. The molecule has 2 aromatic rings. The highest BCUT2D eigenvalue weighted by atomic mass is 16.5. The molecule has 146 valence electrons. The van der Waals surface area contributed by atoms with Gasteiger partial charge in [0, 0.05) is 24.3 Å². The Labute approximate surface area is 164 Å². The molecule has 0 atom stereocenters. The number of hydrogen-bond donors (Lipinski definition) is 1. The van der Waals surface area contributed by atoms with Gasteiger partial charge in [-0.05, 0) is 56.5 Å². The van der Waals surface area contributed by atoms with Crippen molar-refractivity contribution in [3.63, 3.8) is 0 Å². The molecule has 1 aliphatic rings. The molecule has 0 bridgehead atoms. The van der Waals surface area contributed by atoms with Crippen molar-refractivity contribution in [2.75, 3.05) is 23.4 Å². The minimum absolute atomic E-state index is 0.0498. The van der Waals surface area contributed by atoms with E-state index in [0.717, 1.165) is 28.8 Å². The van der Waals surface area contributed by atoms with E-state index in [2.05, 4.69) is 5.32 Å². The second-order valence-electron chi connectivity index (χ2n) is 7.10. The van der Waals surface area contributed by atoms with Crippen LogP contribution in [0.5, 0.6) is 0 Å². The highest BCUT2D eigenvalue weighted by molar-refractivity contribution is 5.99. The summed E-state index contributed by atoms with van der Waals surface area (Å²) in [5, 5.41) is 2.81. The number of amides is 2. The molecule has 1 N–H and O–H groups in total. The summed E-state index contributed by atoms with van der Waals surface area (Å²) < 4.78 is 5.16. The Balaban J connectivity index is 1.61. The van der Waals surface area contributed by atoms with Gasteiger partial charge >= 0.3 is 5.97 Å². The molecular weight excluding hydrogens is 356 g/mol. The van der Waals surface area contributed by atoms with Gasteiger partial charge in [-0.25, -0.2) is 4.79 Å². The van der Waals surface area contributed by atoms with Gasteiger partial charge in [0.15, 0.2) is 6.61 Å². The molecule has 0 aromatic heterocycles. The van der Waals surface area contributed by atoms with Crippen LogP contribution in [0.15, 0.2) is 36.4 Å². The van der Waals surface area contributed by atoms with Crippen molar-refractivity contribution in [3.05, 3.63) is 58.7 Å². The summed E-state index contributed by atoms with van der Waals surface area (Å²) in [4.78, 5) is 38.1. The first-order valence-electron chi connectivity index (χ1n) is 9.30. The number of ether oxygens (including phenoxy) is 1. The number of carbonyl (C=O) groups is 3. The maximum Gasteiger partial charge on any atom is 0.338 e. The van der Waals surface area contributed by atoms with E-state index in [4.69, 9.17) is 4.74 Å². The fraction of sp³-hybridized carbons (Fsp3) is 0.318. The second kappa shape index (κ2) is 8.25. The maximum atomic E-state index is 12.3. The number of nitrogens with one attached hydrogen (secondary N) is 1. The van der Waals surface area contributed by atoms with Crippen molar-refractivity contribution in [3.8, 4) is 0 Å². The van der Waals surface area contributed by atoms with E-state index in [1.807, 2.05) is 32.9 Å². The van der Waals surface area contributed by atoms with Gasteiger partial charge in [0.05, 0.1) is 5.56 Å². The first-order chi connectivity index (χ1) is 13.3. The molecular formula is C22H24N2O4. The van der Waals surface area contributed by atoms with Gasteiger partial charge in [0.1, 0.15) is 0 Å². The van der Waals surface area contributed by atoms with Crippen molar-refractivity contribution < 1.29 is 19.1 Å². The smallest absolute Gasteiger partial charge is 0.338 e. The molecule has 0 spiro atoms. The quantitative estimate of drug-likeness (QED) is 0.805. The number of aryl methyl sites for hydroxylation is 3. The zero-order valence-electron chi connectivity index (χ0n) is 16.4. The van der Waals surface area contributed by atoms with E-state index in [1.54, 1.807) is 29.2 Å². The van der Waals surface area contributed by atoms with E-state index in [9.17, 15) is 14.4 Å². The molecule has 0 radical (unpaired) electrons. The SMILES string of the molecule is Cc1cc(C)c(NC(=O)COC(=O)c2cccc(N3CCCC3=O)c2)c(C)c1. The van der Waals surface area contributed by atoms with Crippen LogP contribution in [-0.2, 0) is 14.3 Å². The summed E-state index contributed by atoms with van der Waals surface area (Å²) in [6, 6.07) is 10.7. The van der Waals surface area contributed by atoms with Crippen molar-refractivity contribution in [2.45, 2.75) is 33.6 Å². The standard InChI is InChI=1S/C22H24N2O4/c1-14-10-15(2)21(16(3)11-14)23-19(25)13-28-22(27)17-6-4-7-18(12-17)24-9-5-8-20(24)26/h4,6-7,10-12H,5,8-9,13H2,1-3H3,(H,23,25). The molecule has 3 rings (SSSR count). The van der Waals surface area contributed by atoms with E-state index in [-0.39, 0.29) is 12.5 Å². The minimum Gasteiger partial charge on any atom is -0.452 e. The number of benzene rings is 2. The molecule has 0 saturated carbocycles. The lowest BCUT2D eigenvalue weighted by atomic mass is 10.1. The van der Waals surface area contributed by atoms with Gasteiger partial charge in [-0.3, -0.25) is 9.59 Å². The predicted octanol–water partition coefficient (Wildman–Crippen LogP) is 3.53. The highest BCUT2D eigenvalue weighted by Crippen LogP contribution is 2.23. The Morgan fingerprint density at radius 1 is 1.11 bits per heavy atom. The molecule has 1 saturated heterocycles. The monoisotopic (exact) mass is 380 g/mol. The summed E-state index contributed by atoms with van der Waals surface area (Å²) in [7, 11) is 0. The number of esters is 1. The summed E-state index contributed by atoms with van der Waals surface area (Å²) in [6.07, 6.45) is 1.33. The lowest BCUT2D eigenvalue weighted by molar-refractivity contribution is -0.119. The van der Waals surface area contributed by atoms with Crippen molar-refractivity contribution >= 4 is 29.2 Å². The summed E-state index contributed by atoms with van der Waals surface area (Å²) >= 11 is 0. The third-order valence-electron chi connectivity index (χ3n) is 4.74. The molecule has 1 fully saturated rings. The van der Waals surface area contributed by atoms with Crippen LogP contribution >= 0.6 is 0 Å². The second-order valence-corrected chi connectivity index (χ2v) is 7.10. The third-order valence-corrected chi connectivity index (χ3v) is 4.74. The van der Waals surface area contributed by atoms with Crippen LogP contribution in [0.25, 0.3) is 0 Å². The number of carbonyl (C=O) groups excluding carboxylic acids is 3. The van der Waals surface area contributed by atoms with Crippen LogP contribution in [-0.4, -0.2) is 30.9 Å². The molecule has 1 aliphatic heterocycles. The number of rotatable bonds is 5. The molecule has 6 nitrogen and oxygen atoms in total. The van der Waals surface area contributed by atoms with Gasteiger partial charge < -0.3 is 15.0 Å². The van der Waals surface area contributed by atoms with E-state index < -0.39 is 11.9 Å². The Bertz CT molecular complexity index is 913. The van der Waals surface area contributed by atoms with Gasteiger partial charge in [0.2, 0.25) is 5.91 Å². The molecule has 0 unspecified atom stereocenters. The van der Waals surface area contributed by atoms with Crippen LogP contribution in [0.2, 0.25) is 0 Å². The van der Waals surface area contributed by atoms with E-state index >= 15 is 0 Å². The Kier molecular flexibility index (Phi) is 5.78. The van der Waals surface area contributed by atoms with Crippen molar-refractivity contribution in [1.82, 2.24) is 0 Å². The first kappa shape index (κ1) is 19.6. The van der Waals surface area contributed by atoms with Crippen LogP contribution in [0.4, 0.5) is 11.4 Å². The van der Waals surface area contributed by atoms with E-state index in [1.165, 1.54) is 0 Å². The number of hydrogen-bond acceptors (Lipinski definition) is 4. The topological polar surface area (TPSA) is 75.7 Å². The zero-order chi connectivity index (χ0) is 20.3. The summed E-state index contributed by atoms with van der Waals surface area (Å²) in [6.45, 7) is 6.12. The Morgan fingerprint density at radius 3 is 2.46 bits per heavy atom. The average Bonchev–Trinajstić information content (AvgIpc) is 3.08. The van der Waals surface area contributed by atoms with Gasteiger partial charge in [-0.1, -0.05) is 23.8 Å². The van der Waals surface area contributed by atoms with Crippen LogP contribution in [0.1, 0.15) is 39.9 Å². The maximum absolute atomic E-state index is 12.3. The largest absolute Gasteiger partial charge is 0.452 e. The summed E-state index contributed by atoms with van der Waals surface area (Å²) in [5.41, 5.74) is 4.76. The fourth-order valence-corrected chi connectivity index (χ4v) is 3.49. The molecule has 1 heterocycles. The van der Waals surface area contributed by atoms with Crippen LogP contribution in [0, 0.1) is 20.8 Å². The molecule has 0 aliphatic carbocycles. The van der Waals surface area contributed by atoms with Crippen LogP contribution in [0.3, 0.4) is 0 Å². The van der Waals surface area contributed by atoms with Crippen molar-refractivity contribution in [1.29, 1.82) is 0 Å². The Morgan fingerprint density at radius 2 is 1.82 bits per heavy atom. The molecule has 28 heavy (non-hydrogen) atoms. The van der Waals surface area contributed by atoms with Crippen LogP contribution < -0.4 is 10.2 Å². The van der Waals surface area contributed by atoms with Crippen molar-refractivity contribution in [2.24, 2.45) is 0 Å². The first-order valence-corrected chi connectivity index (χ1v) is 9.30. The molecule has 2 aromatic carbocycles. The minimum atomic E-state index is -0.596. The lowest BCUT2D eigenvalue weighted by Gasteiger charge is -2.16. The lowest BCUT2D eigenvalue weighted by Crippen LogP contribution is -2.24. The average molecular weight is 380 g/mol. The zero-order valence-corrected chi connectivity index (χ0v) is 16.4. The van der Waals surface area contributed by atoms with Gasteiger partial charge in [0.25, 0.3) is 5.91 Å². The van der Waals surface area contributed by atoms with Gasteiger partial charge in [-0.15, -0.1) is 0 Å². The summed E-state index contributed by atoms with van der Waals surface area (Å²) in [5.74, 6) is -0.941. The Hall–Kier alpha value is -3.15.